The van der Waals surface area contributed by atoms with Crippen LogP contribution in [0.3, 0.4) is 0 Å². The number of amides is 1. The van der Waals surface area contributed by atoms with Crippen molar-refractivity contribution in [2.45, 2.75) is 26.7 Å². The molecule has 1 aromatic rings. The van der Waals surface area contributed by atoms with E-state index in [4.69, 9.17) is 4.74 Å². The fourth-order valence-electron chi connectivity index (χ4n) is 2.96. The fourth-order valence-corrected chi connectivity index (χ4v) is 3.87. The summed E-state index contributed by atoms with van der Waals surface area (Å²) in [6.07, 6.45) is 2.62. The number of para-hydroxylation sites is 1. The first-order valence-corrected chi connectivity index (χ1v) is 10.1. The van der Waals surface area contributed by atoms with Crippen molar-refractivity contribution in [2.24, 2.45) is 5.92 Å². The van der Waals surface area contributed by atoms with Crippen molar-refractivity contribution < 1.29 is 17.9 Å². The predicted molar refractivity (Wildman–Crippen MR) is 93.6 cm³/mol. The summed E-state index contributed by atoms with van der Waals surface area (Å²) in [4.78, 5) is 12.2. The molecule has 0 saturated carbocycles. The number of hydrogen-bond acceptors (Lipinski definition) is 4. The van der Waals surface area contributed by atoms with Gasteiger partial charge in [-0.05, 0) is 37.8 Å². The predicted octanol–water partition coefficient (Wildman–Crippen LogP) is 1.47. The van der Waals surface area contributed by atoms with Crippen LogP contribution in [0.2, 0.25) is 0 Å². The zero-order chi connectivity index (χ0) is 17.7. The summed E-state index contributed by atoms with van der Waals surface area (Å²) in [7, 11) is -3.23. The molecule has 0 aromatic heterocycles. The number of aryl methyl sites for hydroxylation is 2. The summed E-state index contributed by atoms with van der Waals surface area (Å²) in [6.45, 7) is 5.54. The maximum Gasteiger partial charge on any atom is 0.224 e. The molecule has 1 amide bonds. The Morgan fingerprint density at radius 2 is 2.00 bits per heavy atom. The molecule has 0 spiro atoms. The van der Waals surface area contributed by atoms with E-state index in [2.05, 4.69) is 5.32 Å². The number of benzene rings is 1. The van der Waals surface area contributed by atoms with E-state index >= 15 is 0 Å². The number of piperidine rings is 1. The standard InChI is InChI=1S/C17H26N2O4S/c1-13-6-4-7-14(2)16(13)23-11-9-18-17(20)15-8-5-10-19(12-15)24(3,21)22/h4,6-7,15H,5,8-12H2,1-3H3,(H,18,20)/t15-/m1/s1. The molecular formula is C17H26N2O4S. The van der Waals surface area contributed by atoms with Crippen LogP contribution in [0.25, 0.3) is 0 Å². The first kappa shape index (κ1) is 18.7. The molecule has 1 N–H and O–H groups in total. The Bertz CT molecular complexity index is 668. The number of nitrogens with zero attached hydrogens (tertiary/aromatic N) is 1. The van der Waals surface area contributed by atoms with Gasteiger partial charge in [0.25, 0.3) is 0 Å². The van der Waals surface area contributed by atoms with E-state index in [0.29, 0.717) is 26.1 Å². The summed E-state index contributed by atoms with van der Waals surface area (Å²) in [5.74, 6) is 0.467. The maximum absolute atomic E-state index is 12.2. The molecule has 1 fully saturated rings. The van der Waals surface area contributed by atoms with Gasteiger partial charge in [-0.1, -0.05) is 18.2 Å². The molecule has 1 aliphatic rings. The molecule has 24 heavy (non-hydrogen) atoms. The third kappa shape index (κ3) is 4.95. The number of carbonyl (C=O) groups excluding carboxylic acids is 1. The van der Waals surface area contributed by atoms with Crippen molar-refractivity contribution in [1.82, 2.24) is 9.62 Å². The van der Waals surface area contributed by atoms with Crippen molar-refractivity contribution >= 4 is 15.9 Å². The third-order valence-electron chi connectivity index (χ3n) is 4.28. The summed E-state index contributed by atoms with van der Waals surface area (Å²) >= 11 is 0. The summed E-state index contributed by atoms with van der Waals surface area (Å²) < 4.78 is 30.4. The minimum absolute atomic E-state index is 0.103. The van der Waals surface area contributed by atoms with Gasteiger partial charge in [0.05, 0.1) is 18.7 Å². The van der Waals surface area contributed by atoms with Crippen LogP contribution < -0.4 is 10.1 Å². The highest BCUT2D eigenvalue weighted by Crippen LogP contribution is 2.22. The molecular weight excluding hydrogens is 328 g/mol. The van der Waals surface area contributed by atoms with E-state index in [1.165, 1.54) is 10.6 Å². The highest BCUT2D eigenvalue weighted by Gasteiger charge is 2.29. The van der Waals surface area contributed by atoms with Crippen LogP contribution in [-0.2, 0) is 14.8 Å². The highest BCUT2D eigenvalue weighted by atomic mass is 32.2. The van der Waals surface area contributed by atoms with Gasteiger partial charge in [0.15, 0.2) is 0 Å². The second kappa shape index (κ2) is 7.98. The smallest absolute Gasteiger partial charge is 0.224 e. The molecule has 1 heterocycles. The number of sulfonamides is 1. The average molecular weight is 354 g/mol. The van der Waals surface area contributed by atoms with Crippen LogP contribution in [0, 0.1) is 19.8 Å². The number of hydrogen-bond donors (Lipinski definition) is 1. The molecule has 1 atom stereocenters. The van der Waals surface area contributed by atoms with Gasteiger partial charge in [-0.25, -0.2) is 12.7 Å². The Kier molecular flexibility index (Phi) is 6.23. The SMILES string of the molecule is Cc1cccc(C)c1OCCNC(=O)[C@@H]1CCCN(S(C)(=O)=O)C1. The largest absolute Gasteiger partial charge is 0.491 e. The maximum atomic E-state index is 12.2. The zero-order valence-electron chi connectivity index (χ0n) is 14.5. The van der Waals surface area contributed by atoms with Gasteiger partial charge in [0.2, 0.25) is 15.9 Å². The van der Waals surface area contributed by atoms with Crippen LogP contribution in [0.15, 0.2) is 18.2 Å². The van der Waals surface area contributed by atoms with E-state index < -0.39 is 10.0 Å². The molecule has 7 heteroatoms. The second-order valence-electron chi connectivity index (χ2n) is 6.32. The zero-order valence-corrected chi connectivity index (χ0v) is 15.4. The van der Waals surface area contributed by atoms with E-state index in [0.717, 1.165) is 23.3 Å². The lowest BCUT2D eigenvalue weighted by Gasteiger charge is -2.30. The van der Waals surface area contributed by atoms with Crippen molar-refractivity contribution in [3.63, 3.8) is 0 Å². The minimum atomic E-state index is -3.23. The minimum Gasteiger partial charge on any atom is -0.491 e. The van der Waals surface area contributed by atoms with Gasteiger partial charge in [0.1, 0.15) is 12.4 Å². The van der Waals surface area contributed by atoms with Gasteiger partial charge in [-0.2, -0.15) is 0 Å². The Balaban J connectivity index is 1.79. The average Bonchev–Trinajstić information content (AvgIpc) is 2.53. The Morgan fingerprint density at radius 3 is 2.62 bits per heavy atom. The number of nitrogens with one attached hydrogen (secondary N) is 1. The summed E-state index contributed by atoms with van der Waals surface area (Å²) in [5, 5.41) is 2.85. The van der Waals surface area contributed by atoms with E-state index in [9.17, 15) is 13.2 Å². The third-order valence-corrected chi connectivity index (χ3v) is 5.55. The normalized spacial score (nSPS) is 19.0. The monoisotopic (exact) mass is 354 g/mol. The van der Waals surface area contributed by atoms with Crippen LogP contribution in [0.4, 0.5) is 0 Å². The van der Waals surface area contributed by atoms with Gasteiger partial charge >= 0.3 is 0 Å². The molecule has 1 saturated heterocycles. The Morgan fingerprint density at radius 1 is 1.33 bits per heavy atom. The van der Waals surface area contributed by atoms with Gasteiger partial charge < -0.3 is 10.1 Å². The number of carbonyl (C=O) groups is 1. The summed E-state index contributed by atoms with van der Waals surface area (Å²) in [6, 6.07) is 5.96. The molecule has 0 bridgehead atoms. The Labute approximate surface area is 144 Å². The molecule has 0 aliphatic carbocycles. The second-order valence-corrected chi connectivity index (χ2v) is 8.30. The topological polar surface area (TPSA) is 75.7 Å². The fraction of sp³-hybridized carbons (Fsp3) is 0.588. The van der Waals surface area contributed by atoms with Gasteiger partial charge in [-0.3, -0.25) is 4.79 Å². The van der Waals surface area contributed by atoms with Crippen LogP contribution in [0.1, 0.15) is 24.0 Å². The van der Waals surface area contributed by atoms with Crippen LogP contribution >= 0.6 is 0 Å². The van der Waals surface area contributed by atoms with Gasteiger partial charge in [-0.15, -0.1) is 0 Å². The molecule has 1 aliphatic heterocycles. The first-order valence-electron chi connectivity index (χ1n) is 8.21. The highest BCUT2D eigenvalue weighted by molar-refractivity contribution is 7.88. The van der Waals surface area contributed by atoms with Crippen molar-refractivity contribution in [2.75, 3.05) is 32.5 Å². The van der Waals surface area contributed by atoms with Crippen molar-refractivity contribution in [1.29, 1.82) is 0 Å². The molecule has 1 aromatic carbocycles. The lowest BCUT2D eigenvalue weighted by atomic mass is 9.99. The van der Waals surface area contributed by atoms with Gasteiger partial charge in [0, 0.05) is 13.1 Å². The van der Waals surface area contributed by atoms with Crippen molar-refractivity contribution in [3.05, 3.63) is 29.3 Å². The quantitative estimate of drug-likeness (QED) is 0.785. The van der Waals surface area contributed by atoms with Crippen LogP contribution in [0.5, 0.6) is 5.75 Å². The number of rotatable bonds is 6. The number of ether oxygens (including phenoxy) is 1. The van der Waals surface area contributed by atoms with E-state index in [1.807, 2.05) is 32.0 Å². The lowest BCUT2D eigenvalue weighted by molar-refractivity contribution is -0.126. The van der Waals surface area contributed by atoms with Crippen molar-refractivity contribution in [3.8, 4) is 5.75 Å². The molecule has 0 radical (unpaired) electrons. The lowest BCUT2D eigenvalue weighted by Crippen LogP contribution is -2.45. The summed E-state index contributed by atoms with van der Waals surface area (Å²) in [5.41, 5.74) is 2.13. The molecule has 6 nitrogen and oxygen atoms in total. The molecule has 0 unspecified atom stereocenters. The Hall–Kier alpha value is -1.60. The van der Waals surface area contributed by atoms with E-state index in [-0.39, 0.29) is 18.4 Å². The first-order chi connectivity index (χ1) is 11.3. The van der Waals surface area contributed by atoms with Crippen LogP contribution in [-0.4, -0.2) is 51.1 Å². The molecule has 2 rings (SSSR count). The molecule has 134 valence electrons. The van der Waals surface area contributed by atoms with E-state index in [1.54, 1.807) is 0 Å².